The summed E-state index contributed by atoms with van der Waals surface area (Å²) in [7, 11) is 0. The van der Waals surface area contributed by atoms with E-state index in [1.54, 1.807) is 69.3 Å². The number of alkyl carbamates (subject to hydrolysis) is 1. The van der Waals surface area contributed by atoms with Gasteiger partial charge < -0.3 is 25.1 Å². The molecule has 1 aromatic carbocycles. The standard InChI is InChI=1S/C21H25N3O5/c1-21(2,3)29-20(27)23-12-5-4-11-22-18(25)15-8-6-9-16(14-15)24-19(26)17-10-7-13-28-17/h4-10,13-14H,11-12H2,1-3H3,(H,22,25)(H,23,27)(H,24,26)/b5-4+. The van der Waals surface area contributed by atoms with Crippen molar-refractivity contribution in [1.29, 1.82) is 0 Å². The molecule has 0 aliphatic carbocycles. The molecule has 0 bridgehead atoms. The first-order chi connectivity index (χ1) is 13.7. The van der Waals surface area contributed by atoms with Gasteiger partial charge in [-0.2, -0.15) is 0 Å². The molecule has 8 nitrogen and oxygen atoms in total. The molecule has 3 N–H and O–H groups in total. The van der Waals surface area contributed by atoms with Crippen molar-refractivity contribution >= 4 is 23.6 Å². The molecule has 1 heterocycles. The fourth-order valence-corrected chi connectivity index (χ4v) is 2.22. The Kier molecular flexibility index (Phi) is 7.59. The lowest BCUT2D eigenvalue weighted by Crippen LogP contribution is -2.32. The molecule has 8 heteroatoms. The summed E-state index contributed by atoms with van der Waals surface area (Å²) in [6.07, 6.45) is 4.34. The van der Waals surface area contributed by atoms with E-state index in [1.165, 1.54) is 6.26 Å². The zero-order chi connectivity index (χ0) is 21.3. The Morgan fingerprint density at radius 3 is 2.38 bits per heavy atom. The fraction of sp³-hybridized carbons (Fsp3) is 0.286. The van der Waals surface area contributed by atoms with Gasteiger partial charge in [-0.15, -0.1) is 0 Å². The molecule has 3 amide bonds. The van der Waals surface area contributed by atoms with Crippen molar-refractivity contribution in [2.75, 3.05) is 18.4 Å². The number of hydrogen-bond donors (Lipinski definition) is 3. The third kappa shape index (κ3) is 7.92. The molecule has 0 radical (unpaired) electrons. The van der Waals surface area contributed by atoms with Crippen molar-refractivity contribution in [2.24, 2.45) is 0 Å². The second-order valence-electron chi connectivity index (χ2n) is 7.08. The average molecular weight is 399 g/mol. The second-order valence-corrected chi connectivity index (χ2v) is 7.08. The lowest BCUT2D eigenvalue weighted by Gasteiger charge is -2.19. The SMILES string of the molecule is CC(C)(C)OC(=O)NC/C=C/CNC(=O)c1cccc(NC(=O)c2ccco2)c1. The Hall–Kier alpha value is -3.55. The highest BCUT2D eigenvalue weighted by Gasteiger charge is 2.15. The van der Waals surface area contributed by atoms with Gasteiger partial charge in [0, 0.05) is 24.3 Å². The molecule has 0 unspecified atom stereocenters. The maximum atomic E-state index is 12.2. The fourth-order valence-electron chi connectivity index (χ4n) is 2.22. The van der Waals surface area contributed by atoms with Crippen LogP contribution in [0.1, 0.15) is 41.7 Å². The third-order valence-electron chi connectivity index (χ3n) is 3.44. The number of carbonyl (C=O) groups excluding carboxylic acids is 3. The quantitative estimate of drug-likeness (QED) is 0.619. The number of benzene rings is 1. The second kappa shape index (κ2) is 10.1. The number of anilines is 1. The van der Waals surface area contributed by atoms with E-state index in [2.05, 4.69) is 16.0 Å². The molecular formula is C21H25N3O5. The van der Waals surface area contributed by atoms with E-state index in [0.29, 0.717) is 17.8 Å². The summed E-state index contributed by atoms with van der Waals surface area (Å²) < 4.78 is 10.1. The summed E-state index contributed by atoms with van der Waals surface area (Å²) in [4.78, 5) is 35.7. The largest absolute Gasteiger partial charge is 0.459 e. The minimum atomic E-state index is -0.548. The highest BCUT2D eigenvalue weighted by Crippen LogP contribution is 2.12. The van der Waals surface area contributed by atoms with Crippen molar-refractivity contribution < 1.29 is 23.5 Å². The number of carbonyl (C=O) groups is 3. The molecular weight excluding hydrogens is 374 g/mol. The first kappa shape index (κ1) is 21.7. The van der Waals surface area contributed by atoms with Gasteiger partial charge in [0.2, 0.25) is 0 Å². The van der Waals surface area contributed by atoms with Gasteiger partial charge in [0.25, 0.3) is 11.8 Å². The molecule has 0 atom stereocenters. The van der Waals surface area contributed by atoms with E-state index in [4.69, 9.17) is 9.15 Å². The number of amides is 3. The van der Waals surface area contributed by atoms with E-state index < -0.39 is 17.6 Å². The molecule has 0 aliphatic rings. The minimum Gasteiger partial charge on any atom is -0.459 e. The summed E-state index contributed by atoms with van der Waals surface area (Å²) >= 11 is 0. The van der Waals surface area contributed by atoms with Crippen LogP contribution >= 0.6 is 0 Å². The number of rotatable bonds is 7. The third-order valence-corrected chi connectivity index (χ3v) is 3.44. The summed E-state index contributed by atoms with van der Waals surface area (Å²) in [6, 6.07) is 9.74. The molecule has 0 fully saturated rings. The molecule has 29 heavy (non-hydrogen) atoms. The van der Waals surface area contributed by atoms with E-state index in [1.807, 2.05) is 0 Å². The Labute approximate surface area is 169 Å². The maximum Gasteiger partial charge on any atom is 0.407 e. The maximum absolute atomic E-state index is 12.2. The lowest BCUT2D eigenvalue weighted by molar-refractivity contribution is 0.0533. The first-order valence-corrected chi connectivity index (χ1v) is 9.09. The van der Waals surface area contributed by atoms with Crippen LogP contribution in [0.5, 0.6) is 0 Å². The topological polar surface area (TPSA) is 110 Å². The predicted molar refractivity (Wildman–Crippen MR) is 109 cm³/mol. The van der Waals surface area contributed by atoms with Crippen LogP contribution in [-0.2, 0) is 4.74 Å². The first-order valence-electron chi connectivity index (χ1n) is 9.09. The highest BCUT2D eigenvalue weighted by molar-refractivity contribution is 6.03. The Balaban J connectivity index is 1.76. The van der Waals surface area contributed by atoms with Crippen LogP contribution in [0, 0.1) is 0 Å². The van der Waals surface area contributed by atoms with Crippen LogP contribution in [0.3, 0.4) is 0 Å². The molecule has 2 aromatic rings. The van der Waals surface area contributed by atoms with Gasteiger partial charge >= 0.3 is 6.09 Å². The molecule has 0 saturated carbocycles. The molecule has 0 saturated heterocycles. The van der Waals surface area contributed by atoms with E-state index in [9.17, 15) is 14.4 Å². The lowest BCUT2D eigenvalue weighted by atomic mass is 10.2. The van der Waals surface area contributed by atoms with Crippen LogP contribution < -0.4 is 16.0 Å². The number of furan rings is 1. The van der Waals surface area contributed by atoms with Gasteiger partial charge in [-0.1, -0.05) is 18.2 Å². The smallest absolute Gasteiger partial charge is 0.407 e. The van der Waals surface area contributed by atoms with Crippen LogP contribution in [-0.4, -0.2) is 36.6 Å². The van der Waals surface area contributed by atoms with E-state index in [0.717, 1.165) is 0 Å². The molecule has 1 aromatic heterocycles. The van der Waals surface area contributed by atoms with Crippen molar-refractivity contribution in [3.63, 3.8) is 0 Å². The predicted octanol–water partition coefficient (Wildman–Crippen LogP) is 3.34. The normalized spacial score (nSPS) is 11.1. The molecule has 154 valence electrons. The van der Waals surface area contributed by atoms with Crippen LogP contribution in [0.25, 0.3) is 0 Å². The van der Waals surface area contributed by atoms with Gasteiger partial charge in [-0.05, 0) is 51.1 Å². The Morgan fingerprint density at radius 2 is 1.72 bits per heavy atom. The number of hydrogen-bond acceptors (Lipinski definition) is 5. The van der Waals surface area contributed by atoms with Crippen molar-refractivity contribution in [2.45, 2.75) is 26.4 Å². The molecule has 0 aliphatic heterocycles. The summed E-state index contributed by atoms with van der Waals surface area (Å²) in [5, 5.41) is 7.99. The van der Waals surface area contributed by atoms with Crippen LogP contribution in [0.2, 0.25) is 0 Å². The van der Waals surface area contributed by atoms with Crippen molar-refractivity contribution in [1.82, 2.24) is 10.6 Å². The van der Waals surface area contributed by atoms with Crippen LogP contribution in [0.15, 0.2) is 59.2 Å². The Bertz CT molecular complexity index is 867. The van der Waals surface area contributed by atoms with Crippen molar-refractivity contribution in [3.05, 3.63) is 66.1 Å². The highest BCUT2D eigenvalue weighted by atomic mass is 16.6. The molecule has 0 spiro atoms. The van der Waals surface area contributed by atoms with Gasteiger partial charge in [-0.3, -0.25) is 9.59 Å². The van der Waals surface area contributed by atoms with E-state index >= 15 is 0 Å². The average Bonchev–Trinajstić information content (AvgIpc) is 3.18. The minimum absolute atomic E-state index is 0.185. The monoisotopic (exact) mass is 399 g/mol. The summed E-state index contributed by atoms with van der Waals surface area (Å²) in [5.74, 6) is -0.498. The van der Waals surface area contributed by atoms with E-state index in [-0.39, 0.29) is 18.2 Å². The van der Waals surface area contributed by atoms with Gasteiger partial charge in [0.05, 0.1) is 6.26 Å². The van der Waals surface area contributed by atoms with Crippen LogP contribution in [0.4, 0.5) is 10.5 Å². The van der Waals surface area contributed by atoms with Gasteiger partial charge in [0.1, 0.15) is 5.60 Å². The number of ether oxygens (including phenoxy) is 1. The Morgan fingerprint density at radius 1 is 1.00 bits per heavy atom. The molecule has 2 rings (SSSR count). The summed E-state index contributed by atoms with van der Waals surface area (Å²) in [5.41, 5.74) is 0.340. The van der Waals surface area contributed by atoms with Crippen molar-refractivity contribution in [3.8, 4) is 0 Å². The van der Waals surface area contributed by atoms with Gasteiger partial charge in [-0.25, -0.2) is 4.79 Å². The zero-order valence-electron chi connectivity index (χ0n) is 16.7. The zero-order valence-corrected chi connectivity index (χ0v) is 16.7. The van der Waals surface area contributed by atoms with Gasteiger partial charge in [0.15, 0.2) is 5.76 Å². The summed E-state index contributed by atoms with van der Waals surface area (Å²) in [6.45, 7) is 5.94. The number of nitrogens with one attached hydrogen (secondary N) is 3.